The Labute approximate surface area is 192 Å². The number of ether oxygens (including phenoxy) is 1. The maximum absolute atomic E-state index is 13.4. The van der Waals surface area contributed by atoms with Crippen molar-refractivity contribution < 1.29 is 19.4 Å². The number of hydrogen-bond acceptors (Lipinski definition) is 5. The average Bonchev–Trinajstić information content (AvgIpc) is 2.82. The van der Waals surface area contributed by atoms with Crippen LogP contribution >= 0.6 is 12.4 Å². The standard InChI is InChI=1S/C25H22N2O4.ClH/c28-15-16-5-7-20-22(13-16)31-23-14-17(29)6-8-21(23)24(20)18-3-1-2-4-19(18)25(30)27-11-9-26-10-12-27;/h1-8,13-15,24,26,29H,9-12H2;1H. The van der Waals surface area contributed by atoms with Gasteiger partial charge >= 0.3 is 0 Å². The molecule has 3 aromatic rings. The summed E-state index contributed by atoms with van der Waals surface area (Å²) in [7, 11) is 0. The van der Waals surface area contributed by atoms with E-state index in [1.165, 1.54) is 0 Å². The van der Waals surface area contributed by atoms with Gasteiger partial charge in [-0.3, -0.25) is 9.59 Å². The lowest BCUT2D eigenvalue weighted by Crippen LogP contribution is -2.46. The zero-order chi connectivity index (χ0) is 21.4. The van der Waals surface area contributed by atoms with Crippen molar-refractivity contribution in [1.29, 1.82) is 0 Å². The van der Waals surface area contributed by atoms with E-state index in [-0.39, 0.29) is 30.0 Å². The van der Waals surface area contributed by atoms with Crippen LogP contribution in [0.1, 0.15) is 43.3 Å². The van der Waals surface area contributed by atoms with Crippen LogP contribution in [0.4, 0.5) is 0 Å². The van der Waals surface area contributed by atoms with E-state index in [0.717, 1.165) is 36.1 Å². The van der Waals surface area contributed by atoms with Gasteiger partial charge in [-0.2, -0.15) is 0 Å². The van der Waals surface area contributed by atoms with Gasteiger partial charge in [0.05, 0.1) is 0 Å². The third-order valence-corrected chi connectivity index (χ3v) is 5.92. The van der Waals surface area contributed by atoms with E-state index in [2.05, 4.69) is 5.32 Å². The highest BCUT2D eigenvalue weighted by molar-refractivity contribution is 5.96. The third kappa shape index (κ3) is 3.83. The fraction of sp³-hybridized carbons (Fsp3) is 0.200. The Morgan fingerprint density at radius 1 is 0.969 bits per heavy atom. The summed E-state index contributed by atoms with van der Waals surface area (Å²) in [5.41, 5.74) is 3.78. The quantitative estimate of drug-likeness (QED) is 0.462. The van der Waals surface area contributed by atoms with E-state index < -0.39 is 0 Å². The van der Waals surface area contributed by atoms with Gasteiger partial charge in [0, 0.05) is 60.4 Å². The van der Waals surface area contributed by atoms with Gasteiger partial charge in [0.1, 0.15) is 23.5 Å². The van der Waals surface area contributed by atoms with Gasteiger partial charge in [-0.1, -0.05) is 36.4 Å². The van der Waals surface area contributed by atoms with Crippen molar-refractivity contribution >= 4 is 24.6 Å². The summed E-state index contributed by atoms with van der Waals surface area (Å²) in [6.45, 7) is 2.91. The minimum absolute atomic E-state index is 0. The smallest absolute Gasteiger partial charge is 0.254 e. The van der Waals surface area contributed by atoms with E-state index in [1.54, 1.807) is 24.3 Å². The second-order valence-corrected chi connectivity index (χ2v) is 7.80. The number of carbonyl (C=O) groups is 2. The maximum Gasteiger partial charge on any atom is 0.254 e. The largest absolute Gasteiger partial charge is 0.508 e. The number of fused-ring (bicyclic) bond motifs is 2. The monoisotopic (exact) mass is 450 g/mol. The summed E-state index contributed by atoms with van der Waals surface area (Å²) >= 11 is 0. The molecule has 2 heterocycles. The van der Waals surface area contributed by atoms with Crippen molar-refractivity contribution in [2.75, 3.05) is 26.2 Å². The van der Waals surface area contributed by atoms with Crippen LogP contribution in [0.15, 0.2) is 60.7 Å². The number of phenolic OH excluding ortho intramolecular Hbond substituents is 1. The highest BCUT2D eigenvalue weighted by atomic mass is 35.5. The van der Waals surface area contributed by atoms with E-state index >= 15 is 0 Å². The van der Waals surface area contributed by atoms with Gasteiger partial charge in [0.15, 0.2) is 0 Å². The molecule has 1 fully saturated rings. The molecule has 0 saturated carbocycles. The second kappa shape index (κ2) is 9.02. The average molecular weight is 451 g/mol. The molecule has 1 saturated heterocycles. The Hall–Kier alpha value is -3.35. The number of hydrogen-bond donors (Lipinski definition) is 2. The number of piperazine rings is 1. The van der Waals surface area contributed by atoms with E-state index in [1.807, 2.05) is 41.3 Å². The number of aromatic hydroxyl groups is 1. The molecule has 2 aliphatic rings. The van der Waals surface area contributed by atoms with Gasteiger partial charge in [-0.25, -0.2) is 0 Å². The van der Waals surface area contributed by atoms with Gasteiger partial charge < -0.3 is 20.1 Å². The summed E-state index contributed by atoms with van der Waals surface area (Å²) in [5, 5.41) is 13.3. The minimum atomic E-state index is -0.261. The molecule has 1 atom stereocenters. The molecule has 6 nitrogen and oxygen atoms in total. The number of halogens is 1. The van der Waals surface area contributed by atoms with E-state index in [9.17, 15) is 14.7 Å². The van der Waals surface area contributed by atoms with Crippen LogP contribution in [-0.4, -0.2) is 48.4 Å². The van der Waals surface area contributed by atoms with Crippen molar-refractivity contribution in [2.45, 2.75) is 5.92 Å². The Morgan fingerprint density at radius 3 is 2.41 bits per heavy atom. The number of phenols is 1. The molecule has 1 amide bonds. The highest BCUT2D eigenvalue weighted by Crippen LogP contribution is 2.49. The van der Waals surface area contributed by atoms with Crippen LogP contribution in [0.25, 0.3) is 0 Å². The highest BCUT2D eigenvalue weighted by Gasteiger charge is 2.32. The molecular weight excluding hydrogens is 428 g/mol. The predicted octanol–water partition coefficient (Wildman–Crippen LogP) is 3.96. The molecule has 0 bridgehead atoms. The molecule has 164 valence electrons. The maximum atomic E-state index is 13.4. The molecule has 0 spiro atoms. The van der Waals surface area contributed by atoms with Gasteiger partial charge in [-0.05, 0) is 23.8 Å². The lowest BCUT2D eigenvalue weighted by Gasteiger charge is -2.32. The van der Waals surface area contributed by atoms with Crippen molar-refractivity contribution in [2.24, 2.45) is 0 Å². The van der Waals surface area contributed by atoms with Gasteiger partial charge in [0.2, 0.25) is 0 Å². The minimum Gasteiger partial charge on any atom is -0.508 e. The van der Waals surface area contributed by atoms with Crippen LogP contribution in [0.2, 0.25) is 0 Å². The summed E-state index contributed by atoms with van der Waals surface area (Å²) < 4.78 is 6.05. The van der Waals surface area contributed by atoms with Gasteiger partial charge in [0.25, 0.3) is 5.91 Å². The van der Waals surface area contributed by atoms with Crippen molar-refractivity contribution in [1.82, 2.24) is 10.2 Å². The molecule has 0 radical (unpaired) electrons. The Morgan fingerprint density at radius 2 is 1.66 bits per heavy atom. The van der Waals surface area contributed by atoms with Gasteiger partial charge in [-0.15, -0.1) is 12.4 Å². The van der Waals surface area contributed by atoms with Crippen LogP contribution in [0.3, 0.4) is 0 Å². The summed E-state index contributed by atoms with van der Waals surface area (Å²) in [4.78, 5) is 26.6. The number of nitrogens with zero attached hydrogens (tertiary/aromatic N) is 1. The van der Waals surface area contributed by atoms with Crippen molar-refractivity contribution in [3.63, 3.8) is 0 Å². The first-order valence-corrected chi connectivity index (χ1v) is 10.3. The molecule has 2 aliphatic heterocycles. The first-order chi connectivity index (χ1) is 15.2. The Bertz CT molecular complexity index is 1170. The lowest BCUT2D eigenvalue weighted by molar-refractivity contribution is 0.0734. The number of nitrogens with one attached hydrogen (secondary N) is 1. The van der Waals surface area contributed by atoms with E-state index in [0.29, 0.717) is 35.7 Å². The number of rotatable bonds is 3. The zero-order valence-corrected chi connectivity index (χ0v) is 18.1. The third-order valence-electron chi connectivity index (χ3n) is 5.92. The molecular formula is C25H23ClN2O4. The van der Waals surface area contributed by atoms with Crippen molar-refractivity contribution in [3.05, 3.63) is 88.5 Å². The van der Waals surface area contributed by atoms with Crippen LogP contribution in [-0.2, 0) is 0 Å². The summed E-state index contributed by atoms with van der Waals surface area (Å²) in [5.74, 6) is 0.915. The lowest BCUT2D eigenvalue weighted by atomic mass is 9.80. The first-order valence-electron chi connectivity index (χ1n) is 10.3. The van der Waals surface area contributed by atoms with Crippen LogP contribution in [0.5, 0.6) is 17.2 Å². The fourth-order valence-corrected chi connectivity index (χ4v) is 4.40. The fourth-order valence-electron chi connectivity index (χ4n) is 4.40. The molecule has 3 aromatic carbocycles. The molecule has 0 aliphatic carbocycles. The number of benzene rings is 3. The van der Waals surface area contributed by atoms with Crippen LogP contribution < -0.4 is 10.1 Å². The second-order valence-electron chi connectivity index (χ2n) is 7.80. The zero-order valence-electron chi connectivity index (χ0n) is 17.3. The molecule has 5 rings (SSSR count). The van der Waals surface area contributed by atoms with Crippen molar-refractivity contribution in [3.8, 4) is 17.2 Å². The number of amides is 1. The van der Waals surface area contributed by atoms with E-state index in [4.69, 9.17) is 4.74 Å². The summed E-state index contributed by atoms with van der Waals surface area (Å²) in [6, 6.07) is 18.0. The predicted molar refractivity (Wildman–Crippen MR) is 123 cm³/mol. The molecule has 1 unspecified atom stereocenters. The number of aldehydes is 1. The molecule has 2 N–H and O–H groups in total. The SMILES string of the molecule is Cl.O=Cc1ccc2c(c1)Oc1cc(O)ccc1C2c1ccccc1C(=O)N1CCNCC1. The topological polar surface area (TPSA) is 78.9 Å². The normalized spacial score (nSPS) is 16.8. The Balaban J connectivity index is 0.00000245. The Kier molecular flexibility index (Phi) is 6.17. The molecule has 7 heteroatoms. The molecule has 32 heavy (non-hydrogen) atoms. The number of carbonyl (C=O) groups excluding carboxylic acids is 2. The first kappa shape index (κ1) is 21.9. The summed E-state index contributed by atoms with van der Waals surface area (Å²) in [6.07, 6.45) is 0.776. The van der Waals surface area contributed by atoms with Crippen LogP contribution in [0, 0.1) is 0 Å². The molecule has 0 aromatic heterocycles.